The Hall–Kier alpha value is -1.03. The van der Waals surface area contributed by atoms with E-state index in [4.69, 9.17) is 22.1 Å². The molecule has 4 heteroatoms. The van der Waals surface area contributed by atoms with Crippen LogP contribution in [0.15, 0.2) is 40.9 Å². The first-order valence-corrected chi connectivity index (χ1v) is 7.20. The standard InChI is InChI=1S/C15H15BrClNO/c1-10-2-4-15(13(17)8-10)19-14-5-3-11(6-7-18)9-12(14)16/h2-5,8-9H,6-7,18H2,1H3. The van der Waals surface area contributed by atoms with E-state index in [1.54, 1.807) is 0 Å². The van der Waals surface area contributed by atoms with E-state index in [9.17, 15) is 0 Å². The van der Waals surface area contributed by atoms with Crippen LogP contribution in [0.2, 0.25) is 5.02 Å². The van der Waals surface area contributed by atoms with Gasteiger partial charge in [-0.3, -0.25) is 0 Å². The highest BCUT2D eigenvalue weighted by Gasteiger charge is 2.07. The van der Waals surface area contributed by atoms with E-state index < -0.39 is 0 Å². The highest BCUT2D eigenvalue weighted by atomic mass is 79.9. The Morgan fingerprint density at radius 3 is 2.53 bits per heavy atom. The quantitative estimate of drug-likeness (QED) is 0.875. The first-order valence-electron chi connectivity index (χ1n) is 6.02. The fourth-order valence-electron chi connectivity index (χ4n) is 1.76. The lowest BCUT2D eigenvalue weighted by molar-refractivity contribution is 0.479. The molecular weight excluding hydrogens is 326 g/mol. The minimum atomic E-state index is 0.609. The molecular formula is C15H15BrClNO. The molecule has 0 saturated carbocycles. The fraction of sp³-hybridized carbons (Fsp3) is 0.200. The second-order valence-electron chi connectivity index (χ2n) is 4.34. The van der Waals surface area contributed by atoms with Crippen LogP contribution in [0.4, 0.5) is 0 Å². The molecule has 0 fully saturated rings. The van der Waals surface area contributed by atoms with Crippen molar-refractivity contribution in [3.05, 3.63) is 57.0 Å². The summed E-state index contributed by atoms with van der Waals surface area (Å²) in [7, 11) is 0. The number of halogens is 2. The Balaban J connectivity index is 2.23. The van der Waals surface area contributed by atoms with Crippen LogP contribution in [-0.4, -0.2) is 6.54 Å². The third-order valence-corrected chi connectivity index (χ3v) is 3.65. The monoisotopic (exact) mass is 339 g/mol. The van der Waals surface area contributed by atoms with Gasteiger partial charge in [0, 0.05) is 0 Å². The summed E-state index contributed by atoms with van der Waals surface area (Å²) in [6, 6.07) is 11.7. The zero-order valence-corrected chi connectivity index (χ0v) is 13.0. The number of nitrogens with two attached hydrogens (primary N) is 1. The molecule has 0 radical (unpaired) electrons. The molecule has 2 rings (SSSR count). The van der Waals surface area contributed by atoms with Gasteiger partial charge in [-0.15, -0.1) is 0 Å². The minimum absolute atomic E-state index is 0.609. The predicted molar refractivity (Wildman–Crippen MR) is 83.2 cm³/mol. The van der Waals surface area contributed by atoms with E-state index in [2.05, 4.69) is 15.9 Å². The van der Waals surface area contributed by atoms with Gasteiger partial charge in [-0.25, -0.2) is 0 Å². The summed E-state index contributed by atoms with van der Waals surface area (Å²) in [6.07, 6.45) is 0.851. The van der Waals surface area contributed by atoms with Crippen LogP contribution in [-0.2, 0) is 6.42 Å². The third kappa shape index (κ3) is 3.72. The zero-order chi connectivity index (χ0) is 13.8. The Morgan fingerprint density at radius 1 is 1.16 bits per heavy atom. The van der Waals surface area contributed by atoms with Crippen molar-refractivity contribution in [2.75, 3.05) is 6.54 Å². The maximum Gasteiger partial charge on any atom is 0.146 e. The molecule has 19 heavy (non-hydrogen) atoms. The fourth-order valence-corrected chi connectivity index (χ4v) is 2.54. The van der Waals surface area contributed by atoms with E-state index in [1.807, 2.05) is 43.3 Å². The minimum Gasteiger partial charge on any atom is -0.455 e. The van der Waals surface area contributed by atoms with Crippen molar-refractivity contribution in [3.8, 4) is 11.5 Å². The van der Waals surface area contributed by atoms with Crippen molar-refractivity contribution in [3.63, 3.8) is 0 Å². The second kappa shape index (κ2) is 6.42. The lowest BCUT2D eigenvalue weighted by Gasteiger charge is -2.11. The number of hydrogen-bond acceptors (Lipinski definition) is 2. The molecule has 0 unspecified atom stereocenters. The van der Waals surface area contributed by atoms with Crippen LogP contribution in [0, 0.1) is 6.92 Å². The van der Waals surface area contributed by atoms with Gasteiger partial charge in [-0.1, -0.05) is 23.7 Å². The van der Waals surface area contributed by atoms with Gasteiger partial charge in [0.2, 0.25) is 0 Å². The summed E-state index contributed by atoms with van der Waals surface area (Å²) >= 11 is 9.66. The second-order valence-corrected chi connectivity index (χ2v) is 5.60. The van der Waals surface area contributed by atoms with Crippen molar-refractivity contribution in [1.29, 1.82) is 0 Å². The van der Waals surface area contributed by atoms with Gasteiger partial charge < -0.3 is 10.5 Å². The number of aryl methyl sites for hydroxylation is 1. The van der Waals surface area contributed by atoms with E-state index in [1.165, 1.54) is 5.56 Å². The zero-order valence-electron chi connectivity index (χ0n) is 10.6. The van der Waals surface area contributed by atoms with Crippen LogP contribution in [0.25, 0.3) is 0 Å². The van der Waals surface area contributed by atoms with Gasteiger partial charge >= 0.3 is 0 Å². The summed E-state index contributed by atoms with van der Waals surface area (Å²) in [5, 5.41) is 0.609. The van der Waals surface area contributed by atoms with Gasteiger partial charge in [0.05, 0.1) is 9.50 Å². The van der Waals surface area contributed by atoms with Crippen molar-refractivity contribution in [2.45, 2.75) is 13.3 Å². The highest BCUT2D eigenvalue weighted by molar-refractivity contribution is 9.10. The first kappa shape index (κ1) is 14.4. The Bertz CT molecular complexity index is 586. The van der Waals surface area contributed by atoms with E-state index in [-0.39, 0.29) is 0 Å². The van der Waals surface area contributed by atoms with Crippen molar-refractivity contribution < 1.29 is 4.74 Å². The predicted octanol–water partition coefficient (Wildman–Crippen LogP) is 4.70. The molecule has 0 atom stereocenters. The lowest BCUT2D eigenvalue weighted by Crippen LogP contribution is -2.02. The van der Waals surface area contributed by atoms with Crippen molar-refractivity contribution in [2.24, 2.45) is 5.73 Å². The molecule has 2 aromatic carbocycles. The molecule has 0 heterocycles. The highest BCUT2D eigenvalue weighted by Crippen LogP contribution is 2.34. The Kier molecular flexibility index (Phi) is 4.86. The molecule has 0 saturated heterocycles. The molecule has 0 bridgehead atoms. The van der Waals surface area contributed by atoms with E-state index in [0.717, 1.165) is 22.2 Å². The maximum absolute atomic E-state index is 6.16. The largest absolute Gasteiger partial charge is 0.455 e. The van der Waals surface area contributed by atoms with E-state index in [0.29, 0.717) is 17.3 Å². The SMILES string of the molecule is Cc1ccc(Oc2ccc(CCN)cc2Br)c(Cl)c1. The Morgan fingerprint density at radius 2 is 1.89 bits per heavy atom. The van der Waals surface area contributed by atoms with Gasteiger partial charge in [0.25, 0.3) is 0 Å². The number of benzene rings is 2. The molecule has 0 amide bonds. The van der Waals surface area contributed by atoms with Gasteiger partial charge in [-0.05, 0) is 71.2 Å². The Labute approximate surface area is 126 Å². The van der Waals surface area contributed by atoms with Crippen LogP contribution in [0.5, 0.6) is 11.5 Å². The molecule has 0 aromatic heterocycles. The average molecular weight is 341 g/mol. The van der Waals surface area contributed by atoms with Crippen LogP contribution in [0.1, 0.15) is 11.1 Å². The lowest BCUT2D eigenvalue weighted by atomic mass is 10.1. The number of hydrogen-bond donors (Lipinski definition) is 1. The first-order chi connectivity index (χ1) is 9.10. The number of ether oxygens (including phenoxy) is 1. The van der Waals surface area contributed by atoms with Crippen LogP contribution >= 0.6 is 27.5 Å². The average Bonchev–Trinajstić information content (AvgIpc) is 2.36. The van der Waals surface area contributed by atoms with Crippen molar-refractivity contribution >= 4 is 27.5 Å². The molecule has 0 aliphatic heterocycles. The summed E-state index contributed by atoms with van der Waals surface area (Å²) in [4.78, 5) is 0. The summed E-state index contributed by atoms with van der Waals surface area (Å²) < 4.78 is 6.72. The molecule has 0 aliphatic rings. The maximum atomic E-state index is 6.16. The smallest absolute Gasteiger partial charge is 0.146 e. The van der Waals surface area contributed by atoms with Crippen LogP contribution in [0.3, 0.4) is 0 Å². The van der Waals surface area contributed by atoms with Gasteiger partial charge in [0.15, 0.2) is 0 Å². The molecule has 2 N–H and O–H groups in total. The molecule has 100 valence electrons. The molecule has 0 spiro atoms. The van der Waals surface area contributed by atoms with E-state index >= 15 is 0 Å². The molecule has 2 aromatic rings. The third-order valence-electron chi connectivity index (χ3n) is 2.74. The van der Waals surface area contributed by atoms with Gasteiger partial charge in [-0.2, -0.15) is 0 Å². The summed E-state index contributed by atoms with van der Waals surface area (Å²) in [5.74, 6) is 1.39. The van der Waals surface area contributed by atoms with Crippen LogP contribution < -0.4 is 10.5 Å². The number of rotatable bonds is 4. The summed E-state index contributed by atoms with van der Waals surface area (Å²) in [6.45, 7) is 2.63. The van der Waals surface area contributed by atoms with Crippen molar-refractivity contribution in [1.82, 2.24) is 0 Å². The topological polar surface area (TPSA) is 35.2 Å². The van der Waals surface area contributed by atoms with Gasteiger partial charge in [0.1, 0.15) is 11.5 Å². The molecule has 0 aliphatic carbocycles. The normalized spacial score (nSPS) is 10.5. The summed E-state index contributed by atoms with van der Waals surface area (Å²) in [5.41, 5.74) is 7.83. The molecule has 2 nitrogen and oxygen atoms in total.